The summed E-state index contributed by atoms with van der Waals surface area (Å²) < 4.78 is 22.6. The zero-order valence-corrected chi connectivity index (χ0v) is 17.6. The summed E-state index contributed by atoms with van der Waals surface area (Å²) in [5.41, 5.74) is 1.93. The normalized spacial score (nSPS) is 16.3. The number of nitrogens with zero attached hydrogens (tertiary/aromatic N) is 1. The van der Waals surface area contributed by atoms with Gasteiger partial charge in [0.1, 0.15) is 0 Å². The van der Waals surface area contributed by atoms with Crippen LogP contribution >= 0.6 is 24.0 Å². The molecule has 1 saturated carbocycles. The lowest BCUT2D eigenvalue weighted by molar-refractivity contribution is 0.410. The van der Waals surface area contributed by atoms with Crippen LogP contribution in [0.15, 0.2) is 29.3 Å². The van der Waals surface area contributed by atoms with Gasteiger partial charge in [0.15, 0.2) is 15.8 Å². The molecule has 2 rings (SSSR count). The van der Waals surface area contributed by atoms with Gasteiger partial charge in [0.2, 0.25) is 0 Å². The Morgan fingerprint density at radius 2 is 1.71 bits per heavy atom. The van der Waals surface area contributed by atoms with Crippen molar-refractivity contribution in [2.45, 2.75) is 50.4 Å². The van der Waals surface area contributed by atoms with E-state index in [-0.39, 0.29) is 29.7 Å². The molecule has 0 atom stereocenters. The van der Waals surface area contributed by atoms with E-state index in [9.17, 15) is 8.42 Å². The smallest absolute Gasteiger partial charge is 0.191 e. The summed E-state index contributed by atoms with van der Waals surface area (Å²) in [6, 6.07) is 8.18. The SMILES string of the molecule is CN=C(NCc1ccc(CS(C)(=O)=O)cc1)NC1CCCCC1.I. The van der Waals surface area contributed by atoms with Crippen LogP contribution in [0.3, 0.4) is 0 Å². The minimum Gasteiger partial charge on any atom is -0.354 e. The number of aliphatic imine (C=N–C) groups is 1. The number of rotatable bonds is 5. The second-order valence-electron chi connectivity index (χ2n) is 6.29. The van der Waals surface area contributed by atoms with Crippen LogP contribution in [-0.4, -0.2) is 33.7 Å². The van der Waals surface area contributed by atoms with Crippen molar-refractivity contribution in [3.05, 3.63) is 35.4 Å². The van der Waals surface area contributed by atoms with Gasteiger partial charge in [0, 0.05) is 25.9 Å². The maximum atomic E-state index is 11.3. The Labute approximate surface area is 162 Å². The number of benzene rings is 1. The maximum absolute atomic E-state index is 11.3. The van der Waals surface area contributed by atoms with Crippen LogP contribution in [0.25, 0.3) is 0 Å². The molecule has 0 radical (unpaired) electrons. The molecule has 136 valence electrons. The van der Waals surface area contributed by atoms with Crippen LogP contribution in [0.4, 0.5) is 0 Å². The molecule has 1 fully saturated rings. The minimum absolute atomic E-state index is 0. The van der Waals surface area contributed by atoms with Gasteiger partial charge in [-0.3, -0.25) is 4.99 Å². The lowest BCUT2D eigenvalue weighted by atomic mass is 9.96. The molecule has 7 heteroatoms. The molecule has 5 nitrogen and oxygen atoms in total. The van der Waals surface area contributed by atoms with Gasteiger partial charge >= 0.3 is 0 Å². The Kier molecular flexibility index (Phi) is 9.04. The van der Waals surface area contributed by atoms with E-state index in [1.165, 1.54) is 38.4 Å². The molecule has 0 spiro atoms. The van der Waals surface area contributed by atoms with Crippen molar-refractivity contribution in [1.82, 2.24) is 10.6 Å². The molecule has 1 aliphatic rings. The second kappa shape index (κ2) is 10.2. The summed E-state index contributed by atoms with van der Waals surface area (Å²) in [6.07, 6.45) is 7.59. The van der Waals surface area contributed by atoms with Gasteiger partial charge in [0.05, 0.1) is 5.75 Å². The Bertz CT molecular complexity index is 624. The van der Waals surface area contributed by atoms with Gasteiger partial charge < -0.3 is 10.6 Å². The molecule has 0 saturated heterocycles. The van der Waals surface area contributed by atoms with Gasteiger partial charge in [-0.25, -0.2) is 8.42 Å². The average Bonchev–Trinajstić information content (AvgIpc) is 2.52. The highest BCUT2D eigenvalue weighted by molar-refractivity contribution is 14.0. The summed E-state index contributed by atoms with van der Waals surface area (Å²) in [7, 11) is -1.20. The maximum Gasteiger partial charge on any atom is 0.191 e. The lowest BCUT2D eigenvalue weighted by Gasteiger charge is -2.24. The van der Waals surface area contributed by atoms with Crippen LogP contribution in [0, 0.1) is 0 Å². The molecule has 0 heterocycles. The second-order valence-corrected chi connectivity index (χ2v) is 8.43. The standard InChI is InChI=1S/C17H27N3O2S.HI/c1-18-17(20-16-6-4-3-5-7-16)19-12-14-8-10-15(11-9-14)13-23(2,21)22;/h8-11,16H,3-7,12-13H2,1-2H3,(H2,18,19,20);1H. The molecule has 0 unspecified atom stereocenters. The summed E-state index contributed by atoms with van der Waals surface area (Å²) in [4.78, 5) is 4.28. The Hall–Kier alpha value is -0.830. The minimum atomic E-state index is -2.98. The van der Waals surface area contributed by atoms with Gasteiger partial charge in [-0.2, -0.15) is 0 Å². The van der Waals surface area contributed by atoms with Crippen molar-refractivity contribution in [2.24, 2.45) is 4.99 Å². The van der Waals surface area contributed by atoms with Gasteiger partial charge in [0.25, 0.3) is 0 Å². The summed E-state index contributed by atoms with van der Waals surface area (Å²) in [6.45, 7) is 0.672. The van der Waals surface area contributed by atoms with E-state index in [2.05, 4.69) is 15.6 Å². The fraction of sp³-hybridized carbons (Fsp3) is 0.588. The zero-order valence-electron chi connectivity index (χ0n) is 14.4. The number of guanidine groups is 1. The molecule has 1 aliphatic carbocycles. The van der Waals surface area contributed by atoms with Crippen molar-refractivity contribution in [3.63, 3.8) is 0 Å². The number of nitrogens with one attached hydrogen (secondary N) is 2. The van der Waals surface area contributed by atoms with Crippen LogP contribution in [0.1, 0.15) is 43.2 Å². The predicted octanol–water partition coefficient (Wildman–Crippen LogP) is 2.85. The first-order valence-electron chi connectivity index (χ1n) is 8.19. The van der Waals surface area contributed by atoms with E-state index in [0.717, 1.165) is 17.1 Å². The highest BCUT2D eigenvalue weighted by atomic mass is 127. The third-order valence-corrected chi connectivity index (χ3v) is 4.94. The molecule has 1 aromatic carbocycles. The van der Waals surface area contributed by atoms with Crippen LogP contribution in [0.5, 0.6) is 0 Å². The Morgan fingerprint density at radius 3 is 2.25 bits per heavy atom. The van der Waals surface area contributed by atoms with Crippen molar-refractivity contribution >= 4 is 39.8 Å². The molecule has 2 N–H and O–H groups in total. The van der Waals surface area contributed by atoms with E-state index < -0.39 is 9.84 Å². The largest absolute Gasteiger partial charge is 0.354 e. The fourth-order valence-corrected chi connectivity index (χ4v) is 3.67. The summed E-state index contributed by atoms with van der Waals surface area (Å²) in [5, 5.41) is 6.80. The monoisotopic (exact) mass is 465 g/mol. The Morgan fingerprint density at radius 1 is 1.12 bits per heavy atom. The quantitative estimate of drug-likeness (QED) is 0.399. The van der Waals surface area contributed by atoms with Crippen LogP contribution < -0.4 is 10.6 Å². The van der Waals surface area contributed by atoms with E-state index in [1.807, 2.05) is 24.3 Å². The topological polar surface area (TPSA) is 70.6 Å². The molecule has 0 bridgehead atoms. The highest BCUT2D eigenvalue weighted by Gasteiger charge is 2.14. The number of sulfone groups is 1. The molecule has 0 amide bonds. The van der Waals surface area contributed by atoms with Crippen LogP contribution in [-0.2, 0) is 22.1 Å². The van der Waals surface area contributed by atoms with E-state index in [4.69, 9.17) is 0 Å². The number of hydrogen-bond donors (Lipinski definition) is 2. The molecule has 1 aromatic rings. The first kappa shape index (κ1) is 21.2. The Balaban J connectivity index is 0.00000288. The molecule has 24 heavy (non-hydrogen) atoms. The third-order valence-electron chi connectivity index (χ3n) is 4.08. The molecule has 0 aliphatic heterocycles. The van der Waals surface area contributed by atoms with E-state index in [0.29, 0.717) is 12.6 Å². The fourth-order valence-electron chi connectivity index (χ4n) is 2.88. The zero-order chi connectivity index (χ0) is 16.7. The van der Waals surface area contributed by atoms with Crippen molar-refractivity contribution < 1.29 is 8.42 Å². The number of halogens is 1. The van der Waals surface area contributed by atoms with Crippen molar-refractivity contribution in [3.8, 4) is 0 Å². The number of hydrogen-bond acceptors (Lipinski definition) is 3. The first-order chi connectivity index (χ1) is 11.0. The van der Waals surface area contributed by atoms with E-state index >= 15 is 0 Å². The van der Waals surface area contributed by atoms with Crippen molar-refractivity contribution in [2.75, 3.05) is 13.3 Å². The third kappa shape index (κ3) is 7.83. The van der Waals surface area contributed by atoms with Gasteiger partial charge in [-0.15, -0.1) is 24.0 Å². The van der Waals surface area contributed by atoms with Gasteiger partial charge in [-0.1, -0.05) is 43.5 Å². The molecule has 0 aromatic heterocycles. The predicted molar refractivity (Wildman–Crippen MR) is 111 cm³/mol. The van der Waals surface area contributed by atoms with Gasteiger partial charge in [-0.05, 0) is 24.0 Å². The summed E-state index contributed by atoms with van der Waals surface area (Å²) >= 11 is 0. The highest BCUT2D eigenvalue weighted by Crippen LogP contribution is 2.17. The first-order valence-corrected chi connectivity index (χ1v) is 10.2. The average molecular weight is 465 g/mol. The van der Waals surface area contributed by atoms with Crippen LogP contribution in [0.2, 0.25) is 0 Å². The summed E-state index contributed by atoms with van der Waals surface area (Å²) in [5.74, 6) is 0.920. The molecular formula is C17H28IN3O2S. The molecular weight excluding hydrogens is 437 g/mol. The van der Waals surface area contributed by atoms with E-state index in [1.54, 1.807) is 7.05 Å². The van der Waals surface area contributed by atoms with Crippen molar-refractivity contribution in [1.29, 1.82) is 0 Å². The lowest BCUT2D eigenvalue weighted by Crippen LogP contribution is -2.43.